The Balaban J connectivity index is 2.07. The van der Waals surface area contributed by atoms with E-state index in [1.807, 2.05) is 24.3 Å². The molecule has 0 bridgehead atoms. The van der Waals surface area contributed by atoms with E-state index in [-0.39, 0.29) is 11.5 Å². The van der Waals surface area contributed by atoms with Crippen molar-refractivity contribution in [2.45, 2.75) is 0 Å². The predicted molar refractivity (Wildman–Crippen MR) is 82.9 cm³/mol. The van der Waals surface area contributed by atoms with Crippen LogP contribution >= 0.6 is 0 Å². The van der Waals surface area contributed by atoms with Crippen LogP contribution in [0, 0.1) is 0 Å². The minimum atomic E-state index is 0.162. The van der Waals surface area contributed by atoms with Crippen molar-refractivity contribution in [3.63, 3.8) is 0 Å². The van der Waals surface area contributed by atoms with Gasteiger partial charge in [0.25, 0.3) is 0 Å². The zero-order valence-electron chi connectivity index (χ0n) is 11.2. The van der Waals surface area contributed by atoms with Crippen LogP contribution in [-0.4, -0.2) is 15.2 Å². The smallest absolute Gasteiger partial charge is 0.125 e. The maximum Gasteiger partial charge on any atom is 0.125 e. The molecule has 0 saturated carbocycles. The number of nitrogens with zero attached hydrogens (tertiary/aromatic N) is 1. The summed E-state index contributed by atoms with van der Waals surface area (Å²) in [5.74, 6) is 0.382. The Kier molecular flexibility index (Phi) is 3.20. The summed E-state index contributed by atoms with van der Waals surface area (Å²) >= 11 is 0. The molecule has 0 fully saturated rings. The van der Waals surface area contributed by atoms with Gasteiger partial charge in [-0.1, -0.05) is 18.2 Å². The number of aromatic nitrogens is 1. The summed E-state index contributed by atoms with van der Waals surface area (Å²) in [6, 6.07) is 15.7. The summed E-state index contributed by atoms with van der Waals surface area (Å²) in [6.07, 6.45) is 1.56. The highest BCUT2D eigenvalue weighted by molar-refractivity contribution is 5.76. The Labute approximate surface area is 122 Å². The van der Waals surface area contributed by atoms with Gasteiger partial charge in [-0.2, -0.15) is 0 Å². The number of nitrogens with two attached hydrogens (primary N) is 1. The zero-order valence-corrected chi connectivity index (χ0v) is 11.2. The number of phenols is 2. The molecule has 4 heteroatoms. The molecule has 0 aliphatic rings. The standard InChI is InChI=1S/C17H14N2O2/c18-13-4-7-16(19-10-13)15-9-12(3-8-17(15)21)11-1-5-14(20)6-2-11/h1-10,20-21H,18H2. The second-order valence-electron chi connectivity index (χ2n) is 4.76. The number of hydrogen-bond acceptors (Lipinski definition) is 4. The van der Waals surface area contributed by atoms with Crippen molar-refractivity contribution in [3.05, 3.63) is 60.8 Å². The fourth-order valence-corrected chi connectivity index (χ4v) is 2.14. The summed E-state index contributed by atoms with van der Waals surface area (Å²) in [4.78, 5) is 4.23. The third-order valence-electron chi connectivity index (χ3n) is 3.26. The number of phenolic OH excluding ortho intramolecular Hbond substituents is 2. The Morgan fingerprint density at radius 2 is 1.52 bits per heavy atom. The van der Waals surface area contributed by atoms with Crippen LogP contribution in [0.5, 0.6) is 11.5 Å². The van der Waals surface area contributed by atoms with Crippen LogP contribution in [0.25, 0.3) is 22.4 Å². The fraction of sp³-hybridized carbons (Fsp3) is 0. The molecular formula is C17H14N2O2. The molecule has 1 heterocycles. The zero-order chi connectivity index (χ0) is 14.8. The molecule has 0 saturated heterocycles. The molecule has 0 radical (unpaired) electrons. The summed E-state index contributed by atoms with van der Waals surface area (Å²) in [5, 5.41) is 19.4. The third-order valence-corrected chi connectivity index (χ3v) is 3.26. The van der Waals surface area contributed by atoms with Crippen molar-refractivity contribution < 1.29 is 10.2 Å². The van der Waals surface area contributed by atoms with E-state index in [0.29, 0.717) is 16.9 Å². The van der Waals surface area contributed by atoms with Gasteiger partial charge >= 0.3 is 0 Å². The molecule has 0 aliphatic carbocycles. The van der Waals surface area contributed by atoms with Gasteiger partial charge in [-0.3, -0.25) is 4.98 Å². The van der Waals surface area contributed by atoms with E-state index in [1.54, 1.807) is 36.5 Å². The lowest BCUT2D eigenvalue weighted by Gasteiger charge is -2.08. The Morgan fingerprint density at radius 3 is 2.19 bits per heavy atom. The SMILES string of the molecule is Nc1ccc(-c2cc(-c3ccc(O)cc3)ccc2O)nc1. The first-order chi connectivity index (χ1) is 10.1. The highest BCUT2D eigenvalue weighted by atomic mass is 16.3. The first-order valence-corrected chi connectivity index (χ1v) is 6.48. The van der Waals surface area contributed by atoms with Gasteiger partial charge in [-0.15, -0.1) is 0 Å². The largest absolute Gasteiger partial charge is 0.508 e. The molecule has 0 spiro atoms. The van der Waals surface area contributed by atoms with Crippen LogP contribution < -0.4 is 5.73 Å². The molecule has 0 aliphatic heterocycles. The lowest BCUT2D eigenvalue weighted by Crippen LogP contribution is -1.89. The van der Waals surface area contributed by atoms with Crippen molar-refractivity contribution in [1.82, 2.24) is 4.98 Å². The molecule has 4 nitrogen and oxygen atoms in total. The molecule has 3 aromatic rings. The first kappa shape index (κ1) is 13.0. The van der Waals surface area contributed by atoms with Crippen LogP contribution in [-0.2, 0) is 0 Å². The van der Waals surface area contributed by atoms with Crippen molar-refractivity contribution >= 4 is 5.69 Å². The summed E-state index contributed by atoms with van der Waals surface area (Å²) in [5.41, 5.74) is 9.38. The van der Waals surface area contributed by atoms with Gasteiger partial charge < -0.3 is 15.9 Å². The average Bonchev–Trinajstić information content (AvgIpc) is 2.50. The fourth-order valence-electron chi connectivity index (χ4n) is 2.14. The maximum absolute atomic E-state index is 10.0. The summed E-state index contributed by atoms with van der Waals surface area (Å²) in [6.45, 7) is 0. The number of rotatable bonds is 2. The van der Waals surface area contributed by atoms with Crippen LogP contribution in [0.3, 0.4) is 0 Å². The quantitative estimate of drug-likeness (QED) is 0.671. The predicted octanol–water partition coefficient (Wildman–Crippen LogP) is 3.41. The van der Waals surface area contributed by atoms with E-state index in [4.69, 9.17) is 5.73 Å². The van der Waals surface area contributed by atoms with Crippen LogP contribution in [0.1, 0.15) is 0 Å². The maximum atomic E-state index is 10.0. The summed E-state index contributed by atoms with van der Waals surface area (Å²) < 4.78 is 0. The molecule has 4 N–H and O–H groups in total. The second-order valence-corrected chi connectivity index (χ2v) is 4.76. The van der Waals surface area contributed by atoms with E-state index < -0.39 is 0 Å². The second kappa shape index (κ2) is 5.17. The normalized spacial score (nSPS) is 10.5. The number of pyridine rings is 1. The Hall–Kier alpha value is -3.01. The van der Waals surface area contributed by atoms with Crippen molar-refractivity contribution in [1.29, 1.82) is 0 Å². The van der Waals surface area contributed by atoms with E-state index in [1.165, 1.54) is 0 Å². The van der Waals surface area contributed by atoms with E-state index in [9.17, 15) is 10.2 Å². The van der Waals surface area contributed by atoms with Crippen molar-refractivity contribution in [2.75, 3.05) is 5.73 Å². The average molecular weight is 278 g/mol. The summed E-state index contributed by atoms with van der Waals surface area (Å²) in [7, 11) is 0. The minimum Gasteiger partial charge on any atom is -0.508 e. The van der Waals surface area contributed by atoms with Gasteiger partial charge in [-0.25, -0.2) is 0 Å². The van der Waals surface area contributed by atoms with Gasteiger partial charge in [0.15, 0.2) is 0 Å². The van der Waals surface area contributed by atoms with Crippen LogP contribution in [0.2, 0.25) is 0 Å². The van der Waals surface area contributed by atoms with Gasteiger partial charge in [0.1, 0.15) is 11.5 Å². The molecule has 104 valence electrons. The molecule has 3 rings (SSSR count). The lowest BCUT2D eigenvalue weighted by molar-refractivity contribution is 0.475. The van der Waals surface area contributed by atoms with E-state index in [0.717, 1.165) is 11.1 Å². The van der Waals surface area contributed by atoms with Crippen molar-refractivity contribution in [2.24, 2.45) is 0 Å². The molecular weight excluding hydrogens is 264 g/mol. The minimum absolute atomic E-state index is 0.162. The van der Waals surface area contributed by atoms with E-state index >= 15 is 0 Å². The van der Waals surface area contributed by atoms with Gasteiger partial charge in [-0.05, 0) is 47.5 Å². The lowest BCUT2D eigenvalue weighted by atomic mass is 10.0. The van der Waals surface area contributed by atoms with Crippen molar-refractivity contribution in [3.8, 4) is 33.9 Å². The topological polar surface area (TPSA) is 79.4 Å². The molecule has 1 aromatic heterocycles. The third kappa shape index (κ3) is 2.65. The molecule has 21 heavy (non-hydrogen) atoms. The number of hydrogen-bond donors (Lipinski definition) is 3. The van der Waals surface area contributed by atoms with Gasteiger partial charge in [0.05, 0.1) is 17.6 Å². The molecule has 0 amide bonds. The monoisotopic (exact) mass is 278 g/mol. The highest BCUT2D eigenvalue weighted by Gasteiger charge is 2.08. The van der Waals surface area contributed by atoms with Crippen LogP contribution in [0.15, 0.2) is 60.8 Å². The van der Waals surface area contributed by atoms with Gasteiger partial charge in [0, 0.05) is 5.56 Å². The van der Waals surface area contributed by atoms with E-state index in [2.05, 4.69) is 4.98 Å². The highest BCUT2D eigenvalue weighted by Crippen LogP contribution is 2.33. The first-order valence-electron chi connectivity index (χ1n) is 6.48. The number of aromatic hydroxyl groups is 2. The Morgan fingerprint density at radius 1 is 0.810 bits per heavy atom. The van der Waals surface area contributed by atoms with Gasteiger partial charge in [0.2, 0.25) is 0 Å². The molecule has 0 atom stereocenters. The number of benzene rings is 2. The number of nitrogen functional groups attached to an aromatic ring is 1. The molecule has 2 aromatic carbocycles. The number of anilines is 1. The molecule has 0 unspecified atom stereocenters. The van der Waals surface area contributed by atoms with Crippen LogP contribution in [0.4, 0.5) is 5.69 Å². The Bertz CT molecular complexity index is 766.